The molecule has 0 spiro atoms. The summed E-state index contributed by atoms with van der Waals surface area (Å²) in [5.41, 5.74) is 5.35. The second-order valence-corrected chi connectivity index (χ2v) is 6.03. The minimum Gasteiger partial charge on any atom is -0.373 e. The van der Waals surface area contributed by atoms with Crippen molar-refractivity contribution in [2.75, 3.05) is 32.7 Å². The lowest BCUT2D eigenvalue weighted by atomic mass is 9.97. The first-order valence-corrected chi connectivity index (χ1v) is 7.40. The summed E-state index contributed by atoms with van der Waals surface area (Å²) in [6, 6.07) is 0. The third-order valence-corrected chi connectivity index (χ3v) is 4.03. The van der Waals surface area contributed by atoms with Gasteiger partial charge in [0.05, 0.1) is 24.7 Å². The Morgan fingerprint density at radius 3 is 2.45 bits per heavy atom. The maximum absolute atomic E-state index is 12.3. The van der Waals surface area contributed by atoms with Gasteiger partial charge in [-0.25, -0.2) is 0 Å². The molecule has 3 unspecified atom stereocenters. The zero-order chi connectivity index (χ0) is 14.7. The molecule has 6 heteroatoms. The van der Waals surface area contributed by atoms with Crippen molar-refractivity contribution in [3.63, 3.8) is 0 Å². The van der Waals surface area contributed by atoms with Crippen molar-refractivity contribution in [1.29, 1.82) is 0 Å². The summed E-state index contributed by atoms with van der Waals surface area (Å²) in [7, 11) is 0. The number of piperidine rings is 1. The average molecular weight is 283 g/mol. The number of nitrogens with zero attached hydrogens (tertiary/aromatic N) is 2. The number of primary amides is 1. The second kappa shape index (κ2) is 6.54. The predicted octanol–water partition coefficient (Wildman–Crippen LogP) is -0.180. The van der Waals surface area contributed by atoms with Gasteiger partial charge in [0.25, 0.3) is 0 Å². The molecule has 0 aliphatic carbocycles. The third kappa shape index (κ3) is 3.93. The molecule has 2 fully saturated rings. The molecule has 0 aromatic carbocycles. The maximum atomic E-state index is 12.3. The van der Waals surface area contributed by atoms with E-state index in [0.29, 0.717) is 13.1 Å². The summed E-state index contributed by atoms with van der Waals surface area (Å²) in [5, 5.41) is 0. The van der Waals surface area contributed by atoms with E-state index in [4.69, 9.17) is 10.5 Å². The molecule has 3 atom stereocenters. The zero-order valence-electron chi connectivity index (χ0n) is 12.4. The lowest BCUT2D eigenvalue weighted by molar-refractivity contribution is -0.138. The van der Waals surface area contributed by atoms with Gasteiger partial charge in [-0.2, -0.15) is 0 Å². The number of ether oxygens (including phenoxy) is 1. The van der Waals surface area contributed by atoms with E-state index in [1.54, 1.807) is 4.90 Å². The Hall–Kier alpha value is -1.14. The molecule has 0 saturated carbocycles. The van der Waals surface area contributed by atoms with Crippen molar-refractivity contribution in [3.05, 3.63) is 0 Å². The van der Waals surface area contributed by atoms with Crippen LogP contribution in [0.15, 0.2) is 0 Å². The molecule has 2 aliphatic heterocycles. The quantitative estimate of drug-likeness (QED) is 0.779. The van der Waals surface area contributed by atoms with Crippen LogP contribution in [-0.2, 0) is 14.3 Å². The number of morpholine rings is 1. The molecular formula is C14H25N3O3. The minimum atomic E-state index is -0.295. The van der Waals surface area contributed by atoms with Crippen molar-refractivity contribution in [2.24, 2.45) is 11.7 Å². The first kappa shape index (κ1) is 15.3. The van der Waals surface area contributed by atoms with E-state index < -0.39 is 0 Å². The van der Waals surface area contributed by atoms with Gasteiger partial charge in [0.15, 0.2) is 0 Å². The smallest absolute Gasteiger partial charge is 0.236 e. The highest BCUT2D eigenvalue weighted by Gasteiger charge is 2.29. The van der Waals surface area contributed by atoms with Gasteiger partial charge >= 0.3 is 0 Å². The van der Waals surface area contributed by atoms with E-state index >= 15 is 0 Å². The van der Waals surface area contributed by atoms with Crippen LogP contribution < -0.4 is 5.73 Å². The van der Waals surface area contributed by atoms with Crippen molar-refractivity contribution in [3.8, 4) is 0 Å². The summed E-state index contributed by atoms with van der Waals surface area (Å²) < 4.78 is 5.66. The van der Waals surface area contributed by atoms with Gasteiger partial charge in [0.2, 0.25) is 11.8 Å². The maximum Gasteiger partial charge on any atom is 0.236 e. The van der Waals surface area contributed by atoms with Gasteiger partial charge in [0, 0.05) is 26.2 Å². The number of hydrogen-bond acceptors (Lipinski definition) is 4. The number of rotatable bonds is 3. The number of carbonyl (C=O) groups excluding carboxylic acids is 2. The Morgan fingerprint density at radius 1 is 1.20 bits per heavy atom. The van der Waals surface area contributed by atoms with E-state index in [2.05, 4.69) is 4.90 Å². The lowest BCUT2D eigenvalue weighted by Gasteiger charge is -2.37. The Balaban J connectivity index is 1.86. The number of hydrogen-bond donors (Lipinski definition) is 1. The fourth-order valence-electron chi connectivity index (χ4n) is 3.14. The Morgan fingerprint density at radius 2 is 1.85 bits per heavy atom. The highest BCUT2D eigenvalue weighted by molar-refractivity contribution is 5.81. The minimum absolute atomic E-state index is 0.0947. The summed E-state index contributed by atoms with van der Waals surface area (Å²) in [6.07, 6.45) is 1.97. The van der Waals surface area contributed by atoms with Crippen molar-refractivity contribution in [1.82, 2.24) is 9.80 Å². The Labute approximate surface area is 120 Å². The van der Waals surface area contributed by atoms with Gasteiger partial charge in [-0.3, -0.25) is 14.5 Å². The molecule has 0 radical (unpaired) electrons. The van der Waals surface area contributed by atoms with E-state index in [1.807, 2.05) is 13.8 Å². The zero-order valence-corrected chi connectivity index (χ0v) is 12.4. The lowest BCUT2D eigenvalue weighted by Crippen LogP contribution is -2.52. The summed E-state index contributed by atoms with van der Waals surface area (Å²) in [4.78, 5) is 27.5. The van der Waals surface area contributed by atoms with Crippen LogP contribution in [0.1, 0.15) is 26.7 Å². The number of amides is 2. The molecule has 2 amide bonds. The van der Waals surface area contributed by atoms with Crippen molar-refractivity contribution in [2.45, 2.75) is 38.9 Å². The van der Waals surface area contributed by atoms with Gasteiger partial charge < -0.3 is 15.4 Å². The van der Waals surface area contributed by atoms with Crippen molar-refractivity contribution < 1.29 is 14.3 Å². The molecule has 2 aliphatic rings. The highest BCUT2D eigenvalue weighted by Crippen LogP contribution is 2.17. The molecule has 2 rings (SSSR count). The Bertz CT molecular complexity index is 365. The normalized spacial score (nSPS) is 32.1. The third-order valence-electron chi connectivity index (χ3n) is 4.03. The molecule has 2 N–H and O–H groups in total. The summed E-state index contributed by atoms with van der Waals surface area (Å²) >= 11 is 0. The predicted molar refractivity (Wildman–Crippen MR) is 74.9 cm³/mol. The first-order chi connectivity index (χ1) is 9.45. The van der Waals surface area contributed by atoms with Crippen LogP contribution in [0.5, 0.6) is 0 Å². The summed E-state index contributed by atoms with van der Waals surface area (Å²) in [6.45, 7) is 7.23. The van der Waals surface area contributed by atoms with Gasteiger partial charge in [-0.05, 0) is 26.7 Å². The van der Waals surface area contributed by atoms with E-state index in [-0.39, 0.29) is 29.9 Å². The fraction of sp³-hybridized carbons (Fsp3) is 0.857. The molecule has 114 valence electrons. The monoisotopic (exact) mass is 283 g/mol. The molecule has 2 heterocycles. The molecular weight excluding hydrogens is 258 g/mol. The van der Waals surface area contributed by atoms with Crippen LogP contribution in [0.3, 0.4) is 0 Å². The van der Waals surface area contributed by atoms with Crippen LogP contribution >= 0.6 is 0 Å². The fourth-order valence-corrected chi connectivity index (χ4v) is 3.14. The first-order valence-electron chi connectivity index (χ1n) is 7.40. The summed E-state index contributed by atoms with van der Waals surface area (Å²) in [5.74, 6) is -0.386. The largest absolute Gasteiger partial charge is 0.373 e. The SMILES string of the molecule is CC1CN(CC(=O)N2CCCC(C(N)=O)C2)CC(C)O1. The molecule has 0 aromatic rings. The second-order valence-electron chi connectivity index (χ2n) is 6.03. The van der Waals surface area contributed by atoms with Crippen LogP contribution in [0.2, 0.25) is 0 Å². The van der Waals surface area contributed by atoms with E-state index in [1.165, 1.54) is 0 Å². The topological polar surface area (TPSA) is 75.9 Å². The molecule has 2 saturated heterocycles. The van der Waals surface area contributed by atoms with Crippen LogP contribution in [-0.4, -0.2) is 66.5 Å². The molecule has 6 nitrogen and oxygen atoms in total. The van der Waals surface area contributed by atoms with Crippen LogP contribution in [0.25, 0.3) is 0 Å². The average Bonchev–Trinajstić information content (AvgIpc) is 2.37. The van der Waals surface area contributed by atoms with Crippen LogP contribution in [0, 0.1) is 5.92 Å². The van der Waals surface area contributed by atoms with E-state index in [9.17, 15) is 9.59 Å². The molecule has 0 bridgehead atoms. The molecule has 20 heavy (non-hydrogen) atoms. The van der Waals surface area contributed by atoms with E-state index in [0.717, 1.165) is 32.5 Å². The van der Waals surface area contributed by atoms with Crippen LogP contribution in [0.4, 0.5) is 0 Å². The Kier molecular flexibility index (Phi) is 4.99. The standard InChI is InChI=1S/C14H25N3O3/c1-10-6-16(7-11(2)20-10)9-13(18)17-5-3-4-12(8-17)14(15)19/h10-12H,3-9H2,1-2H3,(H2,15,19). The number of carbonyl (C=O) groups is 2. The molecule has 0 aromatic heterocycles. The van der Waals surface area contributed by atoms with Crippen molar-refractivity contribution >= 4 is 11.8 Å². The number of nitrogens with two attached hydrogens (primary N) is 1. The van der Waals surface area contributed by atoms with Gasteiger partial charge in [0.1, 0.15) is 0 Å². The van der Waals surface area contributed by atoms with Gasteiger partial charge in [-0.15, -0.1) is 0 Å². The highest BCUT2D eigenvalue weighted by atomic mass is 16.5. The number of likely N-dealkylation sites (tertiary alicyclic amines) is 1. The van der Waals surface area contributed by atoms with Gasteiger partial charge in [-0.1, -0.05) is 0 Å².